The Morgan fingerprint density at radius 2 is 1.95 bits per heavy atom. The first kappa shape index (κ1) is 17.6. The third-order valence-corrected chi connectivity index (χ3v) is 4.24. The molecule has 1 rings (SSSR count). The predicted molar refractivity (Wildman–Crippen MR) is 78.8 cm³/mol. The zero-order valence-electron chi connectivity index (χ0n) is 12.1. The van der Waals surface area contributed by atoms with E-state index in [2.05, 4.69) is 12.1 Å². The van der Waals surface area contributed by atoms with Crippen LogP contribution in [0.1, 0.15) is 50.3 Å². The van der Waals surface area contributed by atoms with E-state index in [1.54, 1.807) is 6.07 Å². The molecule has 1 N–H and O–H groups in total. The molecule has 1 atom stereocenters. The van der Waals surface area contributed by atoms with Crippen LogP contribution in [0.4, 0.5) is 0 Å². The van der Waals surface area contributed by atoms with Gasteiger partial charge in [0.2, 0.25) is 0 Å². The molecule has 0 saturated heterocycles. The minimum Gasteiger partial charge on any atom is -0.396 e. The number of rotatable bonds is 5. The van der Waals surface area contributed by atoms with Crippen molar-refractivity contribution in [1.29, 1.82) is 10.5 Å². The van der Waals surface area contributed by atoms with Gasteiger partial charge in [-0.2, -0.15) is 10.5 Å². The fraction of sp³-hybridized carbons (Fsp3) is 0.600. The molecule has 0 amide bonds. The van der Waals surface area contributed by atoms with Crippen LogP contribution in [0.25, 0.3) is 0 Å². The van der Waals surface area contributed by atoms with Gasteiger partial charge < -0.3 is 5.11 Å². The second kappa shape index (κ2) is 8.69. The summed E-state index contributed by atoms with van der Waals surface area (Å²) in [6, 6.07) is 8.11. The van der Waals surface area contributed by atoms with Crippen LogP contribution in [-0.4, -0.2) is 11.7 Å². The quantitative estimate of drug-likeness (QED) is 0.889. The molecule has 0 radical (unpaired) electrons. The summed E-state index contributed by atoms with van der Waals surface area (Å²) in [6.07, 6.45) is 1.23. The Labute approximate surface area is 120 Å². The maximum Gasteiger partial charge on any atom is 0.110 e. The summed E-state index contributed by atoms with van der Waals surface area (Å²) in [6.45, 7) is 8.10. The molecule has 104 valence electrons. The topological polar surface area (TPSA) is 67.8 Å². The van der Waals surface area contributed by atoms with Crippen molar-refractivity contribution in [1.82, 2.24) is 0 Å². The molecule has 0 saturated carbocycles. The Hall–Kier alpha value is -1.36. The van der Waals surface area contributed by atoms with Gasteiger partial charge in [-0.1, -0.05) is 27.7 Å². The minimum atomic E-state index is -0.581. The number of nitriles is 2. The number of hydrogen-bond acceptors (Lipinski definition) is 4. The average molecular weight is 278 g/mol. The summed E-state index contributed by atoms with van der Waals surface area (Å²) in [5, 5.41) is 27.3. The maximum absolute atomic E-state index is 9.50. The van der Waals surface area contributed by atoms with Gasteiger partial charge in [0.25, 0.3) is 0 Å². The van der Waals surface area contributed by atoms with E-state index in [1.165, 1.54) is 11.3 Å². The second-order valence-corrected chi connectivity index (χ2v) is 5.42. The Kier molecular flexibility index (Phi) is 8.07. The van der Waals surface area contributed by atoms with E-state index in [0.717, 1.165) is 4.88 Å². The number of hydrogen-bond donors (Lipinski definition) is 1. The first-order valence-electron chi connectivity index (χ1n) is 6.63. The molecule has 0 aliphatic rings. The molecule has 0 bridgehead atoms. The third kappa shape index (κ3) is 4.06. The molecule has 0 fully saturated rings. The molecule has 0 spiro atoms. The fourth-order valence-corrected chi connectivity index (χ4v) is 3.05. The van der Waals surface area contributed by atoms with E-state index < -0.39 is 5.41 Å². The molecular formula is C15H22N2OS. The first-order chi connectivity index (χ1) is 9.10. The van der Waals surface area contributed by atoms with E-state index in [-0.39, 0.29) is 12.5 Å². The molecule has 0 aromatic carbocycles. The van der Waals surface area contributed by atoms with Crippen molar-refractivity contribution >= 4 is 11.3 Å². The summed E-state index contributed by atoms with van der Waals surface area (Å²) in [7, 11) is 0. The van der Waals surface area contributed by atoms with Crippen LogP contribution in [0.15, 0.2) is 12.1 Å². The summed E-state index contributed by atoms with van der Waals surface area (Å²) < 4.78 is 0. The lowest BCUT2D eigenvalue weighted by Gasteiger charge is -2.29. The van der Waals surface area contributed by atoms with Crippen molar-refractivity contribution in [2.45, 2.75) is 46.0 Å². The number of aliphatic hydroxyl groups is 1. The van der Waals surface area contributed by atoms with Gasteiger partial charge in [-0.15, -0.1) is 11.3 Å². The molecule has 0 aliphatic carbocycles. The lowest BCUT2D eigenvalue weighted by atomic mass is 9.74. The van der Waals surface area contributed by atoms with Crippen LogP contribution in [-0.2, 0) is 5.41 Å². The number of nitrogens with zero attached hydrogens (tertiary/aromatic N) is 2. The van der Waals surface area contributed by atoms with Gasteiger partial charge >= 0.3 is 0 Å². The second-order valence-electron chi connectivity index (χ2n) is 4.34. The molecule has 1 unspecified atom stereocenters. The van der Waals surface area contributed by atoms with E-state index in [9.17, 15) is 5.26 Å². The van der Waals surface area contributed by atoms with Crippen LogP contribution in [0.3, 0.4) is 0 Å². The van der Waals surface area contributed by atoms with Gasteiger partial charge in [0, 0.05) is 11.5 Å². The van der Waals surface area contributed by atoms with Crippen LogP contribution in [0, 0.1) is 28.6 Å². The largest absolute Gasteiger partial charge is 0.396 e. The first-order valence-corrected chi connectivity index (χ1v) is 7.45. The monoisotopic (exact) mass is 278 g/mol. The Balaban J connectivity index is 0.00000154. The highest BCUT2D eigenvalue weighted by atomic mass is 32.1. The van der Waals surface area contributed by atoms with E-state index in [1.807, 2.05) is 33.8 Å². The van der Waals surface area contributed by atoms with Crippen molar-refractivity contribution in [2.75, 3.05) is 6.61 Å². The summed E-state index contributed by atoms with van der Waals surface area (Å²) in [5.41, 5.74) is -0.581. The Morgan fingerprint density at radius 1 is 1.32 bits per heavy atom. The summed E-state index contributed by atoms with van der Waals surface area (Å²) in [5.74, 6) is 0.157. The van der Waals surface area contributed by atoms with Crippen molar-refractivity contribution in [3.8, 4) is 12.1 Å². The number of thiophene rings is 1. The van der Waals surface area contributed by atoms with Crippen molar-refractivity contribution in [3.05, 3.63) is 21.9 Å². The van der Waals surface area contributed by atoms with E-state index in [0.29, 0.717) is 17.7 Å². The standard InChI is InChI=1S/C13H16N2OS.C2H6/c1-10(2)13(9-15,6-3-7-16)12-5-4-11(8-14)17-12;1-2/h4-5,10,16H,3,6-7H2,1-2H3;1-2H3. The Bertz CT molecular complexity index is 453. The van der Waals surface area contributed by atoms with Gasteiger partial charge in [-0.05, 0) is 30.9 Å². The van der Waals surface area contributed by atoms with Crippen LogP contribution >= 0.6 is 11.3 Å². The Morgan fingerprint density at radius 3 is 2.32 bits per heavy atom. The van der Waals surface area contributed by atoms with Gasteiger partial charge in [-0.25, -0.2) is 0 Å². The molecule has 19 heavy (non-hydrogen) atoms. The van der Waals surface area contributed by atoms with Crippen molar-refractivity contribution in [2.24, 2.45) is 5.92 Å². The molecule has 0 aliphatic heterocycles. The number of aliphatic hydroxyl groups excluding tert-OH is 1. The zero-order valence-corrected chi connectivity index (χ0v) is 12.9. The van der Waals surface area contributed by atoms with Gasteiger partial charge in [0.15, 0.2) is 0 Å². The molecule has 4 heteroatoms. The van der Waals surface area contributed by atoms with Gasteiger partial charge in [0.05, 0.1) is 11.5 Å². The molecule has 1 aromatic rings. The molecular weight excluding hydrogens is 256 g/mol. The lowest BCUT2D eigenvalue weighted by Crippen LogP contribution is -2.30. The smallest absolute Gasteiger partial charge is 0.110 e. The maximum atomic E-state index is 9.50. The highest BCUT2D eigenvalue weighted by molar-refractivity contribution is 7.12. The SMILES string of the molecule is CC.CC(C)C(C#N)(CCCO)c1ccc(C#N)s1. The third-order valence-electron chi connectivity index (χ3n) is 3.07. The van der Waals surface area contributed by atoms with E-state index in [4.69, 9.17) is 10.4 Å². The van der Waals surface area contributed by atoms with Crippen LogP contribution in [0.5, 0.6) is 0 Å². The van der Waals surface area contributed by atoms with Crippen molar-refractivity contribution in [3.63, 3.8) is 0 Å². The zero-order chi connectivity index (χ0) is 14.9. The van der Waals surface area contributed by atoms with E-state index >= 15 is 0 Å². The molecule has 1 heterocycles. The summed E-state index contributed by atoms with van der Waals surface area (Å²) >= 11 is 1.38. The van der Waals surface area contributed by atoms with Crippen molar-refractivity contribution < 1.29 is 5.11 Å². The summed E-state index contributed by atoms with van der Waals surface area (Å²) in [4.78, 5) is 1.56. The highest BCUT2D eigenvalue weighted by Crippen LogP contribution is 2.39. The fourth-order valence-electron chi connectivity index (χ4n) is 1.93. The minimum absolute atomic E-state index is 0.0899. The van der Waals surface area contributed by atoms with Gasteiger partial charge in [-0.3, -0.25) is 0 Å². The van der Waals surface area contributed by atoms with Crippen LogP contribution in [0.2, 0.25) is 0 Å². The average Bonchev–Trinajstić information content (AvgIpc) is 2.91. The molecule has 1 aromatic heterocycles. The normalized spacial score (nSPS) is 12.8. The lowest BCUT2D eigenvalue weighted by molar-refractivity contribution is 0.258. The van der Waals surface area contributed by atoms with Gasteiger partial charge in [0.1, 0.15) is 10.9 Å². The predicted octanol–water partition coefficient (Wildman–Crippen LogP) is 3.84. The highest BCUT2D eigenvalue weighted by Gasteiger charge is 2.36. The molecule has 3 nitrogen and oxygen atoms in total. The van der Waals surface area contributed by atoms with Crippen LogP contribution < -0.4 is 0 Å².